The smallest absolute Gasteiger partial charge is 0.146 e. The number of aliphatic hydroxyl groups is 1. The largest absolute Gasteiger partial charge is 0.389 e. The first-order valence-electron chi connectivity index (χ1n) is 6.35. The minimum atomic E-state index is -0.762. The van der Waals surface area contributed by atoms with Gasteiger partial charge in [0.25, 0.3) is 0 Å². The second kappa shape index (κ2) is 7.40. The molecule has 0 fully saturated rings. The van der Waals surface area contributed by atoms with Crippen LogP contribution >= 0.6 is 0 Å². The van der Waals surface area contributed by atoms with Crippen LogP contribution in [0.25, 0.3) is 0 Å². The number of anilines is 1. The molecule has 0 heterocycles. The van der Waals surface area contributed by atoms with Gasteiger partial charge in [-0.25, -0.2) is 8.78 Å². The Labute approximate surface area is 112 Å². The van der Waals surface area contributed by atoms with Crippen LogP contribution in [-0.4, -0.2) is 31.0 Å². The molecule has 1 aromatic carbocycles. The van der Waals surface area contributed by atoms with Gasteiger partial charge in [0.2, 0.25) is 0 Å². The molecule has 0 saturated heterocycles. The standard InChI is InChI=1S/C14H21F2NO2/c1-9(2)7-19-8-11(18)6-17-14-5-12(15)10(3)4-13(14)16/h4-5,9,11,17-18H,6-8H2,1-3H3. The third kappa shape index (κ3) is 5.53. The van der Waals surface area contributed by atoms with Gasteiger partial charge in [-0.1, -0.05) is 13.8 Å². The minimum absolute atomic E-state index is 0.0472. The maximum Gasteiger partial charge on any atom is 0.146 e. The third-order valence-corrected chi connectivity index (χ3v) is 2.54. The Morgan fingerprint density at radius 1 is 1.21 bits per heavy atom. The summed E-state index contributed by atoms with van der Waals surface area (Å²) >= 11 is 0. The topological polar surface area (TPSA) is 41.5 Å². The van der Waals surface area contributed by atoms with Crippen molar-refractivity contribution in [2.24, 2.45) is 5.92 Å². The molecular formula is C14H21F2NO2. The van der Waals surface area contributed by atoms with Gasteiger partial charge in [0.1, 0.15) is 11.6 Å². The minimum Gasteiger partial charge on any atom is -0.389 e. The molecule has 108 valence electrons. The summed E-state index contributed by atoms with van der Waals surface area (Å²) in [6.45, 7) is 6.35. The van der Waals surface area contributed by atoms with Gasteiger partial charge in [-0.05, 0) is 24.5 Å². The van der Waals surface area contributed by atoms with Crippen molar-refractivity contribution in [2.75, 3.05) is 25.1 Å². The van der Waals surface area contributed by atoms with Gasteiger partial charge in [-0.3, -0.25) is 0 Å². The van der Waals surface area contributed by atoms with E-state index in [4.69, 9.17) is 4.74 Å². The van der Waals surface area contributed by atoms with Crippen LogP contribution in [0.15, 0.2) is 12.1 Å². The van der Waals surface area contributed by atoms with Crippen molar-refractivity contribution < 1.29 is 18.6 Å². The Morgan fingerprint density at radius 3 is 2.53 bits per heavy atom. The number of hydrogen-bond donors (Lipinski definition) is 2. The quantitative estimate of drug-likeness (QED) is 0.802. The molecule has 0 aliphatic carbocycles. The number of aryl methyl sites for hydroxylation is 1. The van der Waals surface area contributed by atoms with Crippen LogP contribution in [0.2, 0.25) is 0 Å². The SMILES string of the molecule is Cc1cc(F)c(NCC(O)COCC(C)C)cc1F. The van der Waals surface area contributed by atoms with Gasteiger partial charge >= 0.3 is 0 Å². The van der Waals surface area contributed by atoms with E-state index in [1.165, 1.54) is 6.92 Å². The Bertz CT molecular complexity index is 411. The van der Waals surface area contributed by atoms with Crippen LogP contribution in [0.3, 0.4) is 0 Å². The Balaban J connectivity index is 2.42. The average molecular weight is 273 g/mol. The summed E-state index contributed by atoms with van der Waals surface area (Å²) in [7, 11) is 0. The second-order valence-electron chi connectivity index (χ2n) is 5.05. The zero-order valence-corrected chi connectivity index (χ0v) is 11.5. The highest BCUT2D eigenvalue weighted by atomic mass is 19.1. The average Bonchev–Trinajstić information content (AvgIpc) is 2.31. The van der Waals surface area contributed by atoms with E-state index >= 15 is 0 Å². The Hall–Kier alpha value is -1.20. The highest BCUT2D eigenvalue weighted by Gasteiger charge is 2.10. The van der Waals surface area contributed by atoms with Crippen LogP contribution in [0, 0.1) is 24.5 Å². The van der Waals surface area contributed by atoms with Crippen LogP contribution < -0.4 is 5.32 Å². The van der Waals surface area contributed by atoms with Crippen molar-refractivity contribution in [3.63, 3.8) is 0 Å². The lowest BCUT2D eigenvalue weighted by Gasteiger charge is -2.15. The Morgan fingerprint density at radius 2 is 1.89 bits per heavy atom. The van der Waals surface area contributed by atoms with Crippen molar-refractivity contribution >= 4 is 5.69 Å². The second-order valence-corrected chi connectivity index (χ2v) is 5.05. The number of halogens is 2. The lowest BCUT2D eigenvalue weighted by molar-refractivity contribution is 0.0317. The summed E-state index contributed by atoms with van der Waals surface area (Å²) in [6, 6.07) is 2.21. The van der Waals surface area contributed by atoms with Crippen LogP contribution in [0.1, 0.15) is 19.4 Å². The molecule has 0 aliphatic rings. The molecular weight excluding hydrogens is 252 g/mol. The van der Waals surface area contributed by atoms with Crippen molar-refractivity contribution in [1.82, 2.24) is 0 Å². The lowest BCUT2D eigenvalue weighted by Crippen LogP contribution is -2.26. The fourth-order valence-corrected chi connectivity index (χ4v) is 1.51. The highest BCUT2D eigenvalue weighted by Crippen LogP contribution is 2.18. The van der Waals surface area contributed by atoms with Gasteiger partial charge in [0, 0.05) is 19.2 Å². The first-order chi connectivity index (χ1) is 8.90. The zero-order chi connectivity index (χ0) is 14.4. The van der Waals surface area contributed by atoms with E-state index < -0.39 is 17.7 Å². The van der Waals surface area contributed by atoms with E-state index in [1.54, 1.807) is 0 Å². The summed E-state index contributed by atoms with van der Waals surface area (Å²) in [5, 5.41) is 12.3. The molecule has 0 saturated carbocycles. The third-order valence-electron chi connectivity index (χ3n) is 2.54. The van der Waals surface area contributed by atoms with E-state index in [9.17, 15) is 13.9 Å². The number of rotatable bonds is 7. The fraction of sp³-hybridized carbons (Fsp3) is 0.571. The van der Waals surface area contributed by atoms with Gasteiger partial charge in [-0.2, -0.15) is 0 Å². The van der Waals surface area contributed by atoms with Crippen LogP contribution in [0.5, 0.6) is 0 Å². The van der Waals surface area contributed by atoms with Crippen molar-refractivity contribution in [2.45, 2.75) is 26.9 Å². The number of hydrogen-bond acceptors (Lipinski definition) is 3. The first-order valence-corrected chi connectivity index (χ1v) is 6.35. The van der Waals surface area contributed by atoms with Crippen molar-refractivity contribution in [3.8, 4) is 0 Å². The summed E-state index contributed by atoms with van der Waals surface area (Å²) in [5.74, 6) is -0.618. The molecule has 19 heavy (non-hydrogen) atoms. The molecule has 1 unspecified atom stereocenters. The summed E-state index contributed by atoms with van der Waals surface area (Å²) in [5.41, 5.74) is 0.301. The van der Waals surface area contributed by atoms with Gasteiger partial charge in [0.15, 0.2) is 0 Å². The molecule has 1 atom stereocenters. The lowest BCUT2D eigenvalue weighted by atomic mass is 10.2. The molecule has 0 spiro atoms. The monoisotopic (exact) mass is 273 g/mol. The van der Waals surface area contributed by atoms with Gasteiger partial charge < -0.3 is 15.2 Å². The first kappa shape index (κ1) is 15.9. The maximum absolute atomic E-state index is 13.5. The van der Waals surface area contributed by atoms with Crippen molar-refractivity contribution in [3.05, 3.63) is 29.3 Å². The summed E-state index contributed by atoms with van der Waals surface area (Å²) in [6.07, 6.45) is -0.762. The molecule has 5 heteroatoms. The van der Waals surface area contributed by atoms with E-state index in [0.717, 1.165) is 12.1 Å². The van der Waals surface area contributed by atoms with E-state index in [0.29, 0.717) is 12.5 Å². The normalized spacial score (nSPS) is 12.8. The predicted molar refractivity (Wildman–Crippen MR) is 71.2 cm³/mol. The molecule has 0 amide bonds. The van der Waals surface area contributed by atoms with E-state index in [1.807, 2.05) is 13.8 Å². The number of benzene rings is 1. The maximum atomic E-state index is 13.5. The summed E-state index contributed by atoms with van der Waals surface area (Å²) < 4.78 is 32.0. The molecule has 0 aliphatic heterocycles. The Kier molecular flexibility index (Phi) is 6.18. The molecule has 0 aromatic heterocycles. The van der Waals surface area contributed by atoms with Crippen molar-refractivity contribution in [1.29, 1.82) is 0 Å². The van der Waals surface area contributed by atoms with Crippen LogP contribution in [0.4, 0.5) is 14.5 Å². The number of ether oxygens (including phenoxy) is 1. The van der Waals surface area contributed by atoms with Gasteiger partial charge in [0.05, 0.1) is 18.4 Å². The number of aliphatic hydroxyl groups excluding tert-OH is 1. The molecule has 3 nitrogen and oxygen atoms in total. The molecule has 0 radical (unpaired) electrons. The molecule has 1 rings (SSSR count). The van der Waals surface area contributed by atoms with Gasteiger partial charge in [-0.15, -0.1) is 0 Å². The van der Waals surface area contributed by atoms with E-state index in [2.05, 4.69) is 5.32 Å². The van der Waals surface area contributed by atoms with Crippen LogP contribution in [-0.2, 0) is 4.74 Å². The fourth-order valence-electron chi connectivity index (χ4n) is 1.51. The molecule has 1 aromatic rings. The highest BCUT2D eigenvalue weighted by molar-refractivity contribution is 5.46. The predicted octanol–water partition coefficient (Wildman–Crippen LogP) is 2.72. The molecule has 0 bridgehead atoms. The zero-order valence-electron chi connectivity index (χ0n) is 11.5. The molecule has 2 N–H and O–H groups in total. The number of nitrogens with one attached hydrogen (secondary N) is 1. The van der Waals surface area contributed by atoms with E-state index in [-0.39, 0.29) is 24.4 Å². The summed E-state index contributed by atoms with van der Waals surface area (Å²) in [4.78, 5) is 0.